The van der Waals surface area contributed by atoms with Gasteiger partial charge in [0.25, 0.3) is 5.91 Å². The van der Waals surface area contributed by atoms with Gasteiger partial charge in [0.2, 0.25) is 0 Å². The fourth-order valence-corrected chi connectivity index (χ4v) is 3.97. The number of carbonyl (C=O) groups excluding carboxylic acids is 1. The molecule has 3 rings (SSSR count). The lowest BCUT2D eigenvalue weighted by Crippen LogP contribution is -2.55. The number of hydrogen-bond donors (Lipinski definition) is 2. The monoisotopic (exact) mass is 339 g/mol. The molecule has 1 saturated heterocycles. The molecule has 0 bridgehead atoms. The van der Waals surface area contributed by atoms with Crippen molar-refractivity contribution in [1.82, 2.24) is 5.32 Å². The number of aliphatic carboxylic acids is 1. The third-order valence-corrected chi connectivity index (χ3v) is 5.19. The van der Waals surface area contributed by atoms with Gasteiger partial charge in [0.1, 0.15) is 17.9 Å². The van der Waals surface area contributed by atoms with Crippen molar-refractivity contribution in [2.24, 2.45) is 0 Å². The van der Waals surface area contributed by atoms with Crippen molar-refractivity contribution in [3.05, 3.63) is 34.4 Å². The largest absolute Gasteiger partial charge is 0.488 e. The lowest BCUT2D eigenvalue weighted by atomic mass is 9.98. The van der Waals surface area contributed by atoms with E-state index in [9.17, 15) is 14.7 Å². The number of halogens is 1. The number of carboxylic acids is 1. The van der Waals surface area contributed by atoms with Crippen LogP contribution in [0.1, 0.15) is 12.0 Å². The van der Waals surface area contributed by atoms with Crippen LogP contribution >= 0.6 is 23.4 Å². The van der Waals surface area contributed by atoms with E-state index in [0.29, 0.717) is 34.1 Å². The molecule has 5 nitrogen and oxygen atoms in total. The van der Waals surface area contributed by atoms with Crippen LogP contribution in [0.15, 0.2) is 23.8 Å². The molecule has 0 aliphatic carbocycles. The Labute approximate surface area is 136 Å². The quantitative estimate of drug-likeness (QED) is 0.883. The first-order valence-electron chi connectivity index (χ1n) is 6.77. The summed E-state index contributed by atoms with van der Waals surface area (Å²) in [6.07, 6.45) is 2.12. The van der Waals surface area contributed by atoms with E-state index in [2.05, 4.69) is 5.32 Å². The maximum atomic E-state index is 12.4. The molecule has 1 atom stereocenters. The number of carbonyl (C=O) groups is 2. The summed E-state index contributed by atoms with van der Waals surface area (Å²) in [5.41, 5.74) is -0.0710. The van der Waals surface area contributed by atoms with Gasteiger partial charge >= 0.3 is 5.97 Å². The Morgan fingerprint density at radius 1 is 1.41 bits per heavy atom. The average Bonchev–Trinajstić information content (AvgIpc) is 2.96. The molecule has 116 valence electrons. The summed E-state index contributed by atoms with van der Waals surface area (Å²) in [6.45, 7) is 0.114. The lowest BCUT2D eigenvalue weighted by Gasteiger charge is -2.26. The topological polar surface area (TPSA) is 75.6 Å². The molecule has 2 heterocycles. The van der Waals surface area contributed by atoms with Gasteiger partial charge in [-0.15, -0.1) is 0 Å². The van der Waals surface area contributed by atoms with Gasteiger partial charge in [-0.25, -0.2) is 4.79 Å². The maximum Gasteiger partial charge on any atom is 0.330 e. The number of fused-ring (bicyclic) bond motifs is 1. The van der Waals surface area contributed by atoms with Crippen molar-refractivity contribution < 1.29 is 19.4 Å². The van der Waals surface area contributed by atoms with Crippen LogP contribution in [0.3, 0.4) is 0 Å². The number of ether oxygens (including phenoxy) is 1. The number of hydrogen-bond acceptors (Lipinski definition) is 4. The highest BCUT2D eigenvalue weighted by Gasteiger charge is 2.43. The Kier molecular flexibility index (Phi) is 4.06. The van der Waals surface area contributed by atoms with Crippen LogP contribution in [0.4, 0.5) is 0 Å². The first-order valence-corrected chi connectivity index (χ1v) is 8.30. The molecule has 0 unspecified atom stereocenters. The van der Waals surface area contributed by atoms with Crippen LogP contribution < -0.4 is 10.1 Å². The van der Waals surface area contributed by atoms with Gasteiger partial charge in [-0.3, -0.25) is 4.79 Å². The molecular formula is C15H14ClNO4S. The molecule has 0 saturated carbocycles. The zero-order valence-corrected chi connectivity index (χ0v) is 13.2. The molecule has 1 amide bonds. The fraction of sp³-hybridized carbons (Fsp3) is 0.333. The third-order valence-electron chi connectivity index (χ3n) is 3.76. The normalized spacial score (nSPS) is 23.2. The Morgan fingerprint density at radius 2 is 2.23 bits per heavy atom. The third kappa shape index (κ3) is 2.80. The van der Waals surface area contributed by atoms with Gasteiger partial charge in [0, 0.05) is 16.3 Å². The van der Waals surface area contributed by atoms with Crippen molar-refractivity contribution in [3.8, 4) is 5.75 Å². The van der Waals surface area contributed by atoms with E-state index in [1.54, 1.807) is 24.3 Å². The van der Waals surface area contributed by atoms with Gasteiger partial charge in [0.05, 0.1) is 5.57 Å². The van der Waals surface area contributed by atoms with Crippen molar-refractivity contribution >= 4 is 41.3 Å². The van der Waals surface area contributed by atoms with Crippen molar-refractivity contribution in [1.29, 1.82) is 0 Å². The van der Waals surface area contributed by atoms with Crippen LogP contribution in [-0.4, -0.2) is 40.6 Å². The molecule has 22 heavy (non-hydrogen) atoms. The van der Waals surface area contributed by atoms with E-state index in [0.717, 1.165) is 5.75 Å². The van der Waals surface area contributed by atoms with Gasteiger partial charge in [-0.2, -0.15) is 11.8 Å². The van der Waals surface area contributed by atoms with E-state index in [1.807, 2.05) is 0 Å². The molecule has 1 fully saturated rings. The average molecular weight is 340 g/mol. The fourth-order valence-electron chi connectivity index (χ4n) is 2.46. The van der Waals surface area contributed by atoms with E-state index in [4.69, 9.17) is 16.3 Å². The molecule has 1 aromatic rings. The van der Waals surface area contributed by atoms with E-state index in [1.165, 1.54) is 11.8 Å². The Morgan fingerprint density at radius 3 is 2.91 bits per heavy atom. The molecule has 0 spiro atoms. The van der Waals surface area contributed by atoms with Crippen LogP contribution in [0.2, 0.25) is 5.02 Å². The van der Waals surface area contributed by atoms with Crippen molar-refractivity contribution in [3.63, 3.8) is 0 Å². The first-order chi connectivity index (χ1) is 10.5. The van der Waals surface area contributed by atoms with Crippen LogP contribution in [0.25, 0.3) is 6.08 Å². The van der Waals surface area contributed by atoms with Crippen molar-refractivity contribution in [2.75, 3.05) is 18.1 Å². The minimum Gasteiger partial charge on any atom is -0.488 e. The highest BCUT2D eigenvalue weighted by atomic mass is 35.5. The minimum atomic E-state index is -1.18. The summed E-state index contributed by atoms with van der Waals surface area (Å²) in [4.78, 5) is 23.9. The molecule has 2 aliphatic rings. The zero-order chi connectivity index (χ0) is 15.7. The summed E-state index contributed by atoms with van der Waals surface area (Å²) in [5, 5.41) is 12.6. The van der Waals surface area contributed by atoms with Gasteiger partial charge in [0.15, 0.2) is 0 Å². The Bertz CT molecular complexity index is 668. The number of amides is 1. The number of carboxylic acid groups (broad SMARTS) is 1. The summed E-state index contributed by atoms with van der Waals surface area (Å²) in [5.74, 6) is 0.359. The number of benzene rings is 1. The molecule has 0 radical (unpaired) electrons. The molecule has 2 aliphatic heterocycles. The van der Waals surface area contributed by atoms with E-state index < -0.39 is 17.4 Å². The second-order valence-corrected chi connectivity index (χ2v) is 6.83. The predicted octanol–water partition coefficient (Wildman–Crippen LogP) is 2.19. The summed E-state index contributed by atoms with van der Waals surface area (Å²) < 4.78 is 5.53. The van der Waals surface area contributed by atoms with Gasteiger partial charge in [-0.05, 0) is 36.4 Å². The minimum absolute atomic E-state index is 0.114. The van der Waals surface area contributed by atoms with Crippen molar-refractivity contribution in [2.45, 2.75) is 12.0 Å². The SMILES string of the molecule is O=C(N[C@@]1(C(=O)O)CCSC1)C1=Cc2cc(Cl)ccc2OC1. The standard InChI is InChI=1S/C15H14ClNO4S/c16-11-1-2-12-9(6-11)5-10(7-21-12)13(18)17-15(14(19)20)3-4-22-8-15/h1-2,5-6H,3-4,7-8H2,(H,17,18)(H,19,20)/t15-/m0/s1. The highest BCUT2D eigenvalue weighted by Crippen LogP contribution is 2.31. The Hall–Kier alpha value is -1.66. The molecule has 0 aromatic heterocycles. The summed E-state index contributed by atoms with van der Waals surface area (Å²) in [6, 6.07) is 5.17. The number of nitrogens with one attached hydrogen (secondary N) is 1. The highest BCUT2D eigenvalue weighted by molar-refractivity contribution is 7.99. The van der Waals surface area contributed by atoms with Crippen LogP contribution in [0.5, 0.6) is 5.75 Å². The number of rotatable bonds is 3. The summed E-state index contributed by atoms with van der Waals surface area (Å²) >= 11 is 7.46. The zero-order valence-electron chi connectivity index (χ0n) is 11.6. The smallest absolute Gasteiger partial charge is 0.330 e. The molecule has 1 aromatic carbocycles. The molecular weight excluding hydrogens is 326 g/mol. The Balaban J connectivity index is 1.82. The first kappa shape index (κ1) is 15.2. The van der Waals surface area contributed by atoms with E-state index in [-0.39, 0.29) is 6.61 Å². The predicted molar refractivity (Wildman–Crippen MR) is 85.4 cm³/mol. The van der Waals surface area contributed by atoms with Gasteiger partial charge in [-0.1, -0.05) is 11.6 Å². The lowest BCUT2D eigenvalue weighted by molar-refractivity contribution is -0.145. The van der Waals surface area contributed by atoms with Gasteiger partial charge < -0.3 is 15.2 Å². The van der Waals surface area contributed by atoms with Crippen LogP contribution in [-0.2, 0) is 9.59 Å². The molecule has 2 N–H and O–H groups in total. The van der Waals surface area contributed by atoms with Crippen LogP contribution in [0, 0.1) is 0 Å². The second kappa shape index (κ2) is 5.85. The van der Waals surface area contributed by atoms with E-state index >= 15 is 0 Å². The molecule has 7 heteroatoms. The number of thioether (sulfide) groups is 1. The maximum absolute atomic E-state index is 12.4. The second-order valence-electron chi connectivity index (χ2n) is 5.28. The summed E-state index contributed by atoms with van der Waals surface area (Å²) in [7, 11) is 0.